The number of ether oxygens (including phenoxy) is 3. The first kappa shape index (κ1) is 51.6. The third-order valence-electron chi connectivity index (χ3n) is 10.0. The van der Waals surface area contributed by atoms with E-state index in [1.807, 2.05) is 6.92 Å². The van der Waals surface area contributed by atoms with Gasteiger partial charge in [-0.2, -0.15) is 0 Å². The molecule has 53 heavy (non-hydrogen) atoms. The number of amides is 1. The van der Waals surface area contributed by atoms with E-state index in [1.54, 1.807) is 0 Å². The van der Waals surface area contributed by atoms with E-state index in [4.69, 9.17) is 14.2 Å². The summed E-state index contributed by atoms with van der Waals surface area (Å²) < 4.78 is 17.6. The van der Waals surface area contributed by atoms with Crippen LogP contribution in [0.4, 0.5) is 4.79 Å². The molecule has 0 aromatic heterocycles. The normalized spacial score (nSPS) is 12.5. The largest absolute Gasteiger partial charge is 0.441 e. The predicted molar refractivity (Wildman–Crippen MR) is 228 cm³/mol. The molecule has 314 valence electrons. The zero-order chi connectivity index (χ0) is 38.6. The molecule has 0 rings (SSSR count). The number of likely N-dealkylation sites (N-methyl/N-ethyl adjacent to an activating group) is 1. The quantitative estimate of drug-likeness (QED) is 0.0477. The minimum absolute atomic E-state index is 0.114. The second-order valence-electron chi connectivity index (χ2n) is 15.1. The standard InChI is InChI=1S/C46H90N2O5/c1-4-7-9-11-13-15-17-19-21-23-25-27-29-31-33-35-41-51-43-45(53-46(50)47-37-38-48(6-3)39-40-49)44-52-42-36-34-32-30-28-26-24-22-20-18-16-14-12-10-8-5-2/h19-22,45,49H,4-18,23-44H2,1-3H3,(H,47,50). The molecule has 1 amide bonds. The highest BCUT2D eigenvalue weighted by atomic mass is 16.6. The monoisotopic (exact) mass is 751 g/mol. The SMILES string of the molecule is CCCCCCCCC=CCCCCCCCCOCC(COCCCCCCCCC=CCCCCCCCC)OC(=O)NCCN(CC)CCO. The molecule has 0 aliphatic carbocycles. The van der Waals surface area contributed by atoms with Gasteiger partial charge in [-0.25, -0.2) is 4.79 Å². The van der Waals surface area contributed by atoms with Crippen LogP contribution in [0.25, 0.3) is 0 Å². The summed E-state index contributed by atoms with van der Waals surface area (Å²) in [6.45, 7) is 11.4. The van der Waals surface area contributed by atoms with Gasteiger partial charge in [0.2, 0.25) is 0 Å². The number of nitrogens with one attached hydrogen (secondary N) is 1. The molecule has 0 atom stereocenters. The van der Waals surface area contributed by atoms with Gasteiger partial charge in [0.05, 0.1) is 19.8 Å². The Balaban J connectivity index is 4.07. The van der Waals surface area contributed by atoms with Crippen molar-refractivity contribution in [3.8, 4) is 0 Å². The Morgan fingerprint density at radius 1 is 0.547 bits per heavy atom. The Kier molecular flexibility index (Phi) is 43.8. The van der Waals surface area contributed by atoms with E-state index in [0.717, 1.165) is 19.4 Å². The average Bonchev–Trinajstić information content (AvgIpc) is 3.16. The zero-order valence-electron chi connectivity index (χ0n) is 35.6. The number of rotatable bonds is 43. The molecule has 0 saturated carbocycles. The molecule has 0 heterocycles. The average molecular weight is 751 g/mol. The van der Waals surface area contributed by atoms with Crippen molar-refractivity contribution in [2.24, 2.45) is 0 Å². The van der Waals surface area contributed by atoms with Gasteiger partial charge in [-0.3, -0.25) is 4.90 Å². The van der Waals surface area contributed by atoms with Gasteiger partial charge in [-0.05, 0) is 70.8 Å². The van der Waals surface area contributed by atoms with Crippen LogP contribution in [0.5, 0.6) is 0 Å². The topological polar surface area (TPSA) is 80.3 Å². The summed E-state index contributed by atoms with van der Waals surface area (Å²) in [6.07, 6.45) is 44.8. The molecule has 0 saturated heterocycles. The summed E-state index contributed by atoms with van der Waals surface area (Å²) in [5.74, 6) is 0. The smallest absolute Gasteiger partial charge is 0.407 e. The number of alkyl carbamates (subject to hydrolysis) is 1. The van der Waals surface area contributed by atoms with E-state index in [0.29, 0.717) is 46.1 Å². The summed E-state index contributed by atoms with van der Waals surface area (Å²) in [7, 11) is 0. The maximum atomic E-state index is 12.5. The van der Waals surface area contributed by atoms with Gasteiger partial charge < -0.3 is 24.6 Å². The van der Waals surface area contributed by atoms with Crippen LogP contribution in [-0.2, 0) is 14.2 Å². The summed E-state index contributed by atoms with van der Waals surface area (Å²) in [5.41, 5.74) is 0. The van der Waals surface area contributed by atoms with Crippen molar-refractivity contribution in [2.75, 3.05) is 59.2 Å². The first-order valence-electron chi connectivity index (χ1n) is 22.9. The highest BCUT2D eigenvalue weighted by Gasteiger charge is 2.15. The van der Waals surface area contributed by atoms with E-state index in [1.165, 1.54) is 167 Å². The molecule has 7 nitrogen and oxygen atoms in total. The van der Waals surface area contributed by atoms with Crippen molar-refractivity contribution in [3.05, 3.63) is 24.3 Å². The molecular weight excluding hydrogens is 661 g/mol. The predicted octanol–water partition coefficient (Wildman–Crippen LogP) is 12.5. The number of unbranched alkanes of at least 4 members (excludes halogenated alkanes) is 24. The lowest BCUT2D eigenvalue weighted by atomic mass is 10.1. The third kappa shape index (κ3) is 41.6. The Morgan fingerprint density at radius 3 is 1.30 bits per heavy atom. The number of aliphatic hydroxyl groups excluding tert-OH is 1. The molecule has 0 unspecified atom stereocenters. The van der Waals surface area contributed by atoms with Gasteiger partial charge in [0, 0.05) is 32.8 Å². The fraction of sp³-hybridized carbons (Fsp3) is 0.891. The van der Waals surface area contributed by atoms with Gasteiger partial charge in [-0.15, -0.1) is 0 Å². The molecule has 0 fully saturated rings. The highest BCUT2D eigenvalue weighted by Crippen LogP contribution is 2.12. The van der Waals surface area contributed by atoms with Crippen molar-refractivity contribution in [1.82, 2.24) is 10.2 Å². The van der Waals surface area contributed by atoms with E-state index in [-0.39, 0.29) is 6.61 Å². The van der Waals surface area contributed by atoms with Gasteiger partial charge in [-0.1, -0.05) is 161 Å². The summed E-state index contributed by atoms with van der Waals surface area (Å²) >= 11 is 0. The summed E-state index contributed by atoms with van der Waals surface area (Å²) in [4.78, 5) is 14.6. The fourth-order valence-electron chi connectivity index (χ4n) is 6.53. The zero-order valence-corrected chi connectivity index (χ0v) is 35.6. The van der Waals surface area contributed by atoms with Gasteiger partial charge >= 0.3 is 6.09 Å². The number of hydrogen-bond acceptors (Lipinski definition) is 6. The fourth-order valence-corrected chi connectivity index (χ4v) is 6.53. The van der Waals surface area contributed by atoms with Gasteiger partial charge in [0.15, 0.2) is 6.10 Å². The molecule has 7 heteroatoms. The first-order chi connectivity index (χ1) is 26.2. The summed E-state index contributed by atoms with van der Waals surface area (Å²) in [5, 5.41) is 12.1. The Morgan fingerprint density at radius 2 is 0.925 bits per heavy atom. The summed E-state index contributed by atoms with van der Waals surface area (Å²) in [6, 6.07) is 0. The molecule has 0 bridgehead atoms. The minimum Gasteiger partial charge on any atom is -0.441 e. The van der Waals surface area contributed by atoms with Gasteiger partial charge in [0.1, 0.15) is 0 Å². The Labute approximate surface area is 329 Å². The molecule has 0 aromatic rings. The molecule has 0 radical (unpaired) electrons. The van der Waals surface area contributed by atoms with Crippen LogP contribution < -0.4 is 5.32 Å². The van der Waals surface area contributed by atoms with E-state index in [9.17, 15) is 9.90 Å². The second kappa shape index (κ2) is 45.0. The molecule has 0 aromatic carbocycles. The van der Waals surface area contributed by atoms with Crippen LogP contribution in [-0.4, -0.2) is 81.4 Å². The molecule has 0 aliphatic heterocycles. The molecule has 0 aliphatic rings. The number of nitrogens with zero attached hydrogens (tertiary/aromatic N) is 1. The van der Waals surface area contributed by atoms with Crippen LogP contribution in [0.15, 0.2) is 24.3 Å². The minimum atomic E-state index is -0.434. The lowest BCUT2D eigenvalue weighted by Crippen LogP contribution is -2.39. The number of carbonyl (C=O) groups excluding carboxylic acids is 1. The highest BCUT2D eigenvalue weighted by molar-refractivity contribution is 5.67. The maximum Gasteiger partial charge on any atom is 0.407 e. The van der Waals surface area contributed by atoms with Crippen molar-refractivity contribution < 1.29 is 24.1 Å². The van der Waals surface area contributed by atoms with Crippen molar-refractivity contribution in [3.63, 3.8) is 0 Å². The van der Waals surface area contributed by atoms with Crippen LogP contribution in [0.1, 0.15) is 201 Å². The Bertz CT molecular complexity index is 731. The van der Waals surface area contributed by atoms with Crippen LogP contribution in [0.3, 0.4) is 0 Å². The van der Waals surface area contributed by atoms with Crippen LogP contribution in [0, 0.1) is 0 Å². The molecule has 2 N–H and O–H groups in total. The molecule has 0 spiro atoms. The maximum absolute atomic E-state index is 12.5. The number of carbonyl (C=O) groups is 1. The first-order valence-corrected chi connectivity index (χ1v) is 22.9. The lowest BCUT2D eigenvalue weighted by Gasteiger charge is -2.21. The number of aliphatic hydroxyl groups is 1. The van der Waals surface area contributed by atoms with Gasteiger partial charge in [0.25, 0.3) is 0 Å². The molecular formula is C46H90N2O5. The Hall–Kier alpha value is -1.41. The van der Waals surface area contributed by atoms with Crippen molar-refractivity contribution >= 4 is 6.09 Å². The van der Waals surface area contributed by atoms with E-state index in [2.05, 4.69) is 48.4 Å². The lowest BCUT2D eigenvalue weighted by molar-refractivity contribution is -0.0293. The van der Waals surface area contributed by atoms with Crippen LogP contribution >= 0.6 is 0 Å². The second-order valence-corrected chi connectivity index (χ2v) is 15.1. The number of allylic oxidation sites excluding steroid dienone is 4. The third-order valence-corrected chi connectivity index (χ3v) is 10.0. The van der Waals surface area contributed by atoms with E-state index < -0.39 is 12.2 Å². The number of hydrogen-bond donors (Lipinski definition) is 2. The van der Waals surface area contributed by atoms with Crippen molar-refractivity contribution in [2.45, 2.75) is 207 Å². The van der Waals surface area contributed by atoms with E-state index >= 15 is 0 Å². The van der Waals surface area contributed by atoms with Crippen molar-refractivity contribution in [1.29, 1.82) is 0 Å². The van der Waals surface area contributed by atoms with Crippen LogP contribution in [0.2, 0.25) is 0 Å².